The average Bonchev–Trinajstić information content (AvgIpc) is 2.53. The van der Waals surface area contributed by atoms with Crippen LogP contribution in [0, 0.1) is 0 Å². The van der Waals surface area contributed by atoms with E-state index in [0.29, 0.717) is 0 Å². The third kappa shape index (κ3) is 2.40. The van der Waals surface area contributed by atoms with Crippen molar-refractivity contribution < 1.29 is 0 Å². The van der Waals surface area contributed by atoms with Crippen LogP contribution in [-0.2, 0) is 0 Å². The average molecular weight is 263 g/mol. The van der Waals surface area contributed by atoms with Gasteiger partial charge in [0.05, 0.1) is 11.7 Å². The highest BCUT2D eigenvalue weighted by Gasteiger charge is 2.16. The van der Waals surface area contributed by atoms with Gasteiger partial charge in [0.25, 0.3) is 0 Å². The molecule has 1 unspecified atom stereocenters. The fraction of sp³-hybridized carbons (Fsp3) is 0.176. The molecule has 3 rings (SSSR count). The van der Waals surface area contributed by atoms with Gasteiger partial charge in [0, 0.05) is 24.0 Å². The van der Waals surface area contributed by atoms with E-state index in [0.717, 1.165) is 17.8 Å². The van der Waals surface area contributed by atoms with E-state index in [2.05, 4.69) is 52.5 Å². The van der Waals surface area contributed by atoms with Crippen LogP contribution in [0.5, 0.6) is 0 Å². The first kappa shape index (κ1) is 12.8. The van der Waals surface area contributed by atoms with Crippen LogP contribution >= 0.6 is 0 Å². The molecule has 0 fully saturated rings. The van der Waals surface area contributed by atoms with Crippen molar-refractivity contribution in [2.24, 2.45) is 0 Å². The molecular weight excluding hydrogens is 246 g/mol. The number of hydrogen-bond acceptors (Lipinski definition) is 3. The Labute approximate surface area is 118 Å². The number of rotatable bonds is 4. The van der Waals surface area contributed by atoms with E-state index in [1.165, 1.54) is 10.8 Å². The Balaban J connectivity index is 2.15. The van der Waals surface area contributed by atoms with Crippen molar-refractivity contribution in [2.75, 3.05) is 6.54 Å². The van der Waals surface area contributed by atoms with Gasteiger partial charge in [-0.15, -0.1) is 0 Å². The van der Waals surface area contributed by atoms with Crippen molar-refractivity contribution in [3.05, 3.63) is 72.3 Å². The number of nitrogens with zero attached hydrogens (tertiary/aromatic N) is 2. The maximum Gasteiger partial charge on any atom is 0.0772 e. The van der Waals surface area contributed by atoms with Crippen LogP contribution < -0.4 is 5.32 Å². The smallest absolute Gasteiger partial charge is 0.0772 e. The lowest BCUT2D eigenvalue weighted by molar-refractivity contribution is 0.618. The van der Waals surface area contributed by atoms with Gasteiger partial charge in [-0.1, -0.05) is 37.3 Å². The lowest BCUT2D eigenvalue weighted by Crippen LogP contribution is -2.23. The minimum atomic E-state index is 0.0693. The number of fused-ring (bicyclic) bond motifs is 1. The normalized spacial score (nSPS) is 12.4. The second kappa shape index (κ2) is 5.80. The molecule has 2 aromatic heterocycles. The van der Waals surface area contributed by atoms with Gasteiger partial charge in [-0.05, 0) is 29.6 Å². The Hall–Kier alpha value is -2.26. The quantitative estimate of drug-likeness (QED) is 0.784. The monoisotopic (exact) mass is 263 g/mol. The Morgan fingerprint density at radius 3 is 2.75 bits per heavy atom. The fourth-order valence-electron chi connectivity index (χ4n) is 2.50. The molecule has 0 aliphatic carbocycles. The standard InChI is InChI=1S/C17H17N3/c1-2-19-16(14-7-5-10-18-12-14)17-15-8-4-3-6-13(15)9-11-20-17/h3-12,16,19H,2H2,1H3. The number of hydrogen-bond donors (Lipinski definition) is 1. The zero-order valence-electron chi connectivity index (χ0n) is 11.5. The van der Waals surface area contributed by atoms with E-state index in [4.69, 9.17) is 0 Å². The summed E-state index contributed by atoms with van der Waals surface area (Å²) < 4.78 is 0. The minimum Gasteiger partial charge on any atom is -0.305 e. The Kier molecular flexibility index (Phi) is 3.70. The predicted molar refractivity (Wildman–Crippen MR) is 81.5 cm³/mol. The van der Waals surface area contributed by atoms with E-state index in [1.54, 1.807) is 6.20 Å². The van der Waals surface area contributed by atoms with Crippen molar-refractivity contribution in [3.8, 4) is 0 Å². The van der Waals surface area contributed by atoms with Gasteiger partial charge >= 0.3 is 0 Å². The van der Waals surface area contributed by atoms with E-state index >= 15 is 0 Å². The molecule has 0 aliphatic heterocycles. The summed E-state index contributed by atoms with van der Waals surface area (Å²) in [6.45, 7) is 2.99. The molecule has 2 heterocycles. The summed E-state index contributed by atoms with van der Waals surface area (Å²) in [6.07, 6.45) is 5.57. The van der Waals surface area contributed by atoms with Gasteiger partial charge in [0.1, 0.15) is 0 Å². The van der Waals surface area contributed by atoms with Gasteiger partial charge in [-0.25, -0.2) is 0 Å². The minimum absolute atomic E-state index is 0.0693. The molecule has 0 bridgehead atoms. The first-order valence-electron chi connectivity index (χ1n) is 6.87. The predicted octanol–water partition coefficient (Wildman–Crippen LogP) is 3.33. The third-order valence-corrected chi connectivity index (χ3v) is 3.40. The third-order valence-electron chi connectivity index (χ3n) is 3.40. The van der Waals surface area contributed by atoms with Crippen molar-refractivity contribution in [2.45, 2.75) is 13.0 Å². The lowest BCUT2D eigenvalue weighted by atomic mass is 10.00. The summed E-state index contributed by atoms with van der Waals surface area (Å²) in [7, 11) is 0. The van der Waals surface area contributed by atoms with Crippen molar-refractivity contribution in [3.63, 3.8) is 0 Å². The largest absolute Gasteiger partial charge is 0.305 e. The van der Waals surface area contributed by atoms with Crippen LogP contribution in [0.25, 0.3) is 10.8 Å². The van der Waals surface area contributed by atoms with Crippen LogP contribution in [0.2, 0.25) is 0 Å². The maximum atomic E-state index is 4.61. The Morgan fingerprint density at radius 2 is 1.95 bits per heavy atom. The van der Waals surface area contributed by atoms with E-state index in [9.17, 15) is 0 Å². The molecule has 1 N–H and O–H groups in total. The summed E-state index contributed by atoms with van der Waals surface area (Å²) >= 11 is 0. The number of nitrogens with one attached hydrogen (secondary N) is 1. The summed E-state index contributed by atoms with van der Waals surface area (Å²) in [4.78, 5) is 8.84. The summed E-state index contributed by atoms with van der Waals surface area (Å²) in [5, 5.41) is 5.90. The van der Waals surface area contributed by atoms with Crippen LogP contribution in [0.4, 0.5) is 0 Å². The summed E-state index contributed by atoms with van der Waals surface area (Å²) in [5.74, 6) is 0. The Bertz CT molecular complexity index is 689. The second-order valence-corrected chi connectivity index (χ2v) is 4.69. The molecule has 100 valence electrons. The van der Waals surface area contributed by atoms with Crippen molar-refractivity contribution >= 4 is 10.8 Å². The maximum absolute atomic E-state index is 4.61. The highest BCUT2D eigenvalue weighted by Crippen LogP contribution is 2.26. The van der Waals surface area contributed by atoms with Gasteiger partial charge in [0.2, 0.25) is 0 Å². The lowest BCUT2D eigenvalue weighted by Gasteiger charge is -2.19. The van der Waals surface area contributed by atoms with E-state index < -0.39 is 0 Å². The summed E-state index contributed by atoms with van der Waals surface area (Å²) in [5.41, 5.74) is 2.19. The topological polar surface area (TPSA) is 37.8 Å². The van der Waals surface area contributed by atoms with Crippen LogP contribution in [0.3, 0.4) is 0 Å². The highest BCUT2D eigenvalue weighted by atomic mass is 14.9. The molecule has 0 spiro atoms. The molecule has 0 radical (unpaired) electrons. The molecule has 0 saturated heterocycles. The van der Waals surface area contributed by atoms with Crippen molar-refractivity contribution in [1.82, 2.24) is 15.3 Å². The van der Waals surface area contributed by atoms with Crippen LogP contribution in [-0.4, -0.2) is 16.5 Å². The molecule has 20 heavy (non-hydrogen) atoms. The first-order chi connectivity index (χ1) is 9.90. The molecule has 1 atom stereocenters. The molecule has 0 saturated carbocycles. The van der Waals surface area contributed by atoms with E-state index in [-0.39, 0.29) is 6.04 Å². The zero-order valence-corrected chi connectivity index (χ0v) is 11.5. The molecule has 3 aromatic rings. The fourth-order valence-corrected chi connectivity index (χ4v) is 2.50. The highest BCUT2D eigenvalue weighted by molar-refractivity contribution is 5.85. The molecule has 1 aromatic carbocycles. The molecular formula is C17H17N3. The molecule has 0 aliphatic rings. The molecule has 3 heteroatoms. The number of aromatic nitrogens is 2. The van der Waals surface area contributed by atoms with Gasteiger partial charge in [-0.3, -0.25) is 9.97 Å². The number of pyridine rings is 2. The van der Waals surface area contributed by atoms with Gasteiger partial charge in [0.15, 0.2) is 0 Å². The zero-order chi connectivity index (χ0) is 13.8. The number of benzene rings is 1. The first-order valence-corrected chi connectivity index (χ1v) is 6.87. The van der Waals surface area contributed by atoms with Crippen molar-refractivity contribution in [1.29, 1.82) is 0 Å². The van der Waals surface area contributed by atoms with Crippen LogP contribution in [0.15, 0.2) is 61.1 Å². The van der Waals surface area contributed by atoms with Gasteiger partial charge < -0.3 is 5.32 Å². The Morgan fingerprint density at radius 1 is 1.05 bits per heavy atom. The van der Waals surface area contributed by atoms with Gasteiger partial charge in [-0.2, -0.15) is 0 Å². The second-order valence-electron chi connectivity index (χ2n) is 4.69. The van der Waals surface area contributed by atoms with Crippen LogP contribution in [0.1, 0.15) is 24.2 Å². The molecule has 3 nitrogen and oxygen atoms in total. The van der Waals surface area contributed by atoms with E-state index in [1.807, 2.05) is 24.5 Å². The SMILES string of the molecule is CCNC(c1cccnc1)c1nccc2ccccc12. The molecule has 0 amide bonds. The summed E-state index contributed by atoms with van der Waals surface area (Å²) in [6, 6.07) is 14.5.